The molecule has 0 aromatic rings. The van der Waals surface area contributed by atoms with Crippen LogP contribution in [0.3, 0.4) is 0 Å². The van der Waals surface area contributed by atoms with Crippen molar-refractivity contribution in [1.29, 1.82) is 0 Å². The van der Waals surface area contributed by atoms with E-state index in [4.69, 9.17) is 9.47 Å². The van der Waals surface area contributed by atoms with Crippen LogP contribution in [0.4, 0.5) is 0 Å². The zero-order chi connectivity index (χ0) is 26.9. The Morgan fingerprint density at radius 3 is 2.41 bits per heavy atom. The van der Waals surface area contributed by atoms with Crippen molar-refractivity contribution in [3.8, 4) is 0 Å². The lowest BCUT2D eigenvalue weighted by Crippen LogP contribution is -2.55. The fraction of sp³-hybridized carbons (Fsp3) is 0.938. The molecule has 5 aliphatic carbocycles. The first-order valence-corrected chi connectivity index (χ1v) is 15.2. The van der Waals surface area contributed by atoms with E-state index in [9.17, 15) is 14.7 Å². The predicted molar refractivity (Wildman–Crippen MR) is 141 cm³/mol. The number of aliphatic hydroxyl groups is 1. The van der Waals surface area contributed by atoms with Crippen LogP contribution >= 0.6 is 0 Å². The maximum Gasteiger partial charge on any atom is 0.303 e. The number of rotatable bonds is 3. The summed E-state index contributed by atoms with van der Waals surface area (Å²) < 4.78 is 12.5. The van der Waals surface area contributed by atoms with Crippen LogP contribution in [0.15, 0.2) is 0 Å². The van der Waals surface area contributed by atoms with Gasteiger partial charge >= 0.3 is 5.97 Å². The minimum atomic E-state index is -1.15. The van der Waals surface area contributed by atoms with Crippen LogP contribution in [-0.2, 0) is 19.1 Å². The van der Waals surface area contributed by atoms with Gasteiger partial charge in [-0.05, 0) is 111 Å². The van der Waals surface area contributed by atoms with E-state index in [1.165, 1.54) is 32.6 Å². The van der Waals surface area contributed by atoms with Crippen molar-refractivity contribution in [2.45, 2.75) is 131 Å². The number of fused-ring (bicyclic) bond motifs is 4. The lowest BCUT2D eigenvalue weighted by molar-refractivity contribution is -0.208. The molecule has 37 heavy (non-hydrogen) atoms. The minimum Gasteiger partial charge on any atom is -0.457 e. The molecule has 12 atom stereocenters. The highest BCUT2D eigenvalue weighted by molar-refractivity contribution is 5.86. The maximum absolute atomic E-state index is 13.0. The molecule has 1 aliphatic heterocycles. The fourth-order valence-corrected chi connectivity index (χ4v) is 12.5. The molecule has 0 aromatic carbocycles. The molecule has 5 nitrogen and oxygen atoms in total. The Morgan fingerprint density at radius 2 is 1.76 bits per heavy atom. The number of Topliss-reactive ketones (excluding diaryl/α,β-unsaturated/α-hetero) is 1. The Morgan fingerprint density at radius 1 is 1.05 bits per heavy atom. The maximum atomic E-state index is 13.0. The van der Waals surface area contributed by atoms with Crippen LogP contribution < -0.4 is 0 Å². The third-order valence-electron chi connectivity index (χ3n) is 13.7. The van der Waals surface area contributed by atoms with E-state index < -0.39 is 11.7 Å². The van der Waals surface area contributed by atoms with Crippen molar-refractivity contribution in [3.63, 3.8) is 0 Å². The van der Waals surface area contributed by atoms with Crippen LogP contribution in [0.5, 0.6) is 0 Å². The number of hydrogen-bond donors (Lipinski definition) is 1. The monoisotopic (exact) mass is 514 g/mol. The van der Waals surface area contributed by atoms with Gasteiger partial charge in [0.05, 0.1) is 17.8 Å². The fourth-order valence-electron chi connectivity index (χ4n) is 12.5. The highest BCUT2D eigenvalue weighted by atomic mass is 16.6. The van der Waals surface area contributed by atoms with E-state index in [0.717, 1.165) is 31.6 Å². The molecular formula is C32H50O5. The molecule has 0 aromatic heterocycles. The standard InChI is InChI=1S/C32H50O5/c1-17-15-23(27(29(6,7)35)36-19(3)33)37-22-16-21-20-9-10-24-28(4,5)25(34)11-12-32(24)18(2)31(20,32)14-13-30(21,8)26(17)22/h17-18,20-24,26-27,35H,9-16H2,1-8H3. The van der Waals surface area contributed by atoms with Crippen LogP contribution in [0.1, 0.15) is 107 Å². The lowest BCUT2D eigenvalue weighted by Gasteiger charge is -2.58. The summed E-state index contributed by atoms with van der Waals surface area (Å²) in [6, 6.07) is 0. The normalized spacial score (nSPS) is 52.6. The molecule has 208 valence electrons. The van der Waals surface area contributed by atoms with Gasteiger partial charge in [0, 0.05) is 18.8 Å². The summed E-state index contributed by atoms with van der Waals surface area (Å²) in [6.07, 6.45) is 8.04. The Labute approximate surface area is 223 Å². The third kappa shape index (κ3) is 3.16. The van der Waals surface area contributed by atoms with Crippen molar-refractivity contribution in [2.75, 3.05) is 0 Å². The average Bonchev–Trinajstić information content (AvgIpc) is 3.15. The van der Waals surface area contributed by atoms with E-state index in [2.05, 4.69) is 34.6 Å². The second-order valence-corrected chi connectivity index (χ2v) is 15.7. The number of ether oxygens (including phenoxy) is 2. The molecule has 2 spiro atoms. The SMILES string of the molecule is CC(=O)OC(C1CC(C)C2C(CC3C4CCC5C(C)(C)C(=O)CCC56C(C)C46CCC32C)O1)C(C)(C)O. The van der Waals surface area contributed by atoms with Gasteiger partial charge in [0.2, 0.25) is 0 Å². The summed E-state index contributed by atoms with van der Waals surface area (Å²) in [5, 5.41) is 10.9. The number of ketones is 1. The van der Waals surface area contributed by atoms with E-state index in [-0.39, 0.29) is 29.0 Å². The summed E-state index contributed by atoms with van der Waals surface area (Å²) >= 11 is 0. The third-order valence-corrected chi connectivity index (χ3v) is 13.7. The Balaban J connectivity index is 1.30. The van der Waals surface area contributed by atoms with Gasteiger partial charge < -0.3 is 14.6 Å². The molecule has 1 heterocycles. The van der Waals surface area contributed by atoms with Crippen LogP contribution in [0.25, 0.3) is 0 Å². The molecule has 0 amide bonds. The average molecular weight is 515 g/mol. The Kier molecular flexibility index (Phi) is 5.57. The molecule has 0 radical (unpaired) electrons. The predicted octanol–water partition coefficient (Wildman–Crippen LogP) is 5.96. The Hall–Kier alpha value is -0.940. The van der Waals surface area contributed by atoms with Gasteiger partial charge in [0.25, 0.3) is 0 Å². The van der Waals surface area contributed by atoms with Gasteiger partial charge in [-0.1, -0.05) is 34.6 Å². The highest BCUT2D eigenvalue weighted by Gasteiger charge is 2.84. The van der Waals surface area contributed by atoms with Gasteiger partial charge in [0.15, 0.2) is 6.10 Å². The van der Waals surface area contributed by atoms with Crippen molar-refractivity contribution in [1.82, 2.24) is 0 Å². The number of esters is 1. The first-order chi connectivity index (χ1) is 17.1. The van der Waals surface area contributed by atoms with Gasteiger partial charge in [-0.2, -0.15) is 0 Å². The summed E-state index contributed by atoms with van der Waals surface area (Å²) in [5.74, 6) is 3.72. The molecule has 1 saturated heterocycles. The molecule has 6 aliphatic rings. The molecule has 12 unspecified atom stereocenters. The molecule has 1 N–H and O–H groups in total. The summed E-state index contributed by atoms with van der Waals surface area (Å²) in [4.78, 5) is 24.9. The zero-order valence-corrected chi connectivity index (χ0v) is 24.4. The first kappa shape index (κ1) is 26.3. The second kappa shape index (κ2) is 7.83. The zero-order valence-electron chi connectivity index (χ0n) is 24.4. The van der Waals surface area contributed by atoms with Gasteiger partial charge in [-0.25, -0.2) is 0 Å². The Bertz CT molecular complexity index is 996. The largest absolute Gasteiger partial charge is 0.457 e. The van der Waals surface area contributed by atoms with Crippen molar-refractivity contribution < 1.29 is 24.2 Å². The summed E-state index contributed by atoms with van der Waals surface area (Å²) in [6.45, 7) is 16.8. The van der Waals surface area contributed by atoms with Crippen LogP contribution in [-0.4, -0.2) is 40.8 Å². The van der Waals surface area contributed by atoms with E-state index >= 15 is 0 Å². The van der Waals surface area contributed by atoms with Crippen LogP contribution in [0.2, 0.25) is 0 Å². The van der Waals surface area contributed by atoms with Crippen molar-refractivity contribution >= 4 is 11.8 Å². The molecular weight excluding hydrogens is 464 g/mol. The molecule has 6 fully saturated rings. The van der Waals surface area contributed by atoms with Gasteiger partial charge in [-0.3, -0.25) is 9.59 Å². The van der Waals surface area contributed by atoms with E-state index in [1.807, 2.05) is 0 Å². The smallest absolute Gasteiger partial charge is 0.303 e. The van der Waals surface area contributed by atoms with Gasteiger partial charge in [-0.15, -0.1) is 0 Å². The second-order valence-electron chi connectivity index (χ2n) is 15.7. The molecule has 6 rings (SSSR count). The van der Waals surface area contributed by atoms with E-state index in [0.29, 0.717) is 46.2 Å². The van der Waals surface area contributed by atoms with Gasteiger partial charge in [0.1, 0.15) is 5.78 Å². The quantitative estimate of drug-likeness (QED) is 0.471. The number of carbonyl (C=O) groups excluding carboxylic acids is 2. The molecule has 0 bridgehead atoms. The van der Waals surface area contributed by atoms with Crippen molar-refractivity contribution in [2.24, 2.45) is 57.2 Å². The molecule has 5 heteroatoms. The summed E-state index contributed by atoms with van der Waals surface area (Å²) in [5.41, 5.74) is -0.298. The first-order valence-electron chi connectivity index (χ1n) is 15.2. The topological polar surface area (TPSA) is 72.8 Å². The molecule has 5 saturated carbocycles. The highest BCUT2D eigenvalue weighted by Crippen LogP contribution is 2.89. The van der Waals surface area contributed by atoms with E-state index in [1.54, 1.807) is 13.8 Å². The minimum absolute atomic E-state index is 0.159. The summed E-state index contributed by atoms with van der Waals surface area (Å²) in [7, 11) is 0. The lowest BCUT2D eigenvalue weighted by atomic mass is 9.46. The number of carbonyl (C=O) groups is 2. The van der Waals surface area contributed by atoms with Crippen molar-refractivity contribution in [3.05, 3.63) is 0 Å². The number of hydrogen-bond acceptors (Lipinski definition) is 5. The van der Waals surface area contributed by atoms with Crippen LogP contribution in [0, 0.1) is 57.2 Å².